The second-order valence-electron chi connectivity index (χ2n) is 6.92. The summed E-state index contributed by atoms with van der Waals surface area (Å²) >= 11 is 0. The highest BCUT2D eigenvalue weighted by molar-refractivity contribution is 5.76. The van der Waals surface area contributed by atoms with E-state index in [4.69, 9.17) is 0 Å². The number of aliphatic hydroxyl groups excluding tert-OH is 1. The first-order valence-electron chi connectivity index (χ1n) is 9.04. The number of rotatable bonds is 4. The lowest BCUT2D eigenvalue weighted by Crippen LogP contribution is -2.37. The minimum absolute atomic E-state index is 0.00759. The van der Waals surface area contributed by atoms with Crippen molar-refractivity contribution in [1.29, 1.82) is 0 Å². The van der Waals surface area contributed by atoms with E-state index in [-0.39, 0.29) is 35.5 Å². The first kappa shape index (κ1) is 19.6. The molecule has 4 rings (SSSR count). The van der Waals surface area contributed by atoms with Crippen molar-refractivity contribution in [3.63, 3.8) is 0 Å². The van der Waals surface area contributed by atoms with Crippen molar-refractivity contribution in [3.8, 4) is 5.88 Å². The number of benzene rings is 1. The summed E-state index contributed by atoms with van der Waals surface area (Å²) < 4.78 is 17.6. The molecule has 10 nitrogen and oxygen atoms in total. The van der Waals surface area contributed by atoms with Crippen LogP contribution in [0, 0.1) is 5.82 Å². The third-order valence-corrected chi connectivity index (χ3v) is 5.08. The first-order valence-corrected chi connectivity index (χ1v) is 9.04. The van der Waals surface area contributed by atoms with Gasteiger partial charge in [0.1, 0.15) is 5.82 Å². The topological polar surface area (TPSA) is 124 Å². The van der Waals surface area contributed by atoms with E-state index in [0.717, 1.165) is 13.5 Å². The maximum atomic E-state index is 13.3. The Labute approximate surface area is 167 Å². The summed E-state index contributed by atoms with van der Waals surface area (Å²) in [7, 11) is 2.72. The Balaban J connectivity index is 2.17. The van der Waals surface area contributed by atoms with Crippen LogP contribution in [0.2, 0.25) is 0 Å². The van der Waals surface area contributed by atoms with Gasteiger partial charge >= 0.3 is 5.69 Å². The van der Waals surface area contributed by atoms with Crippen LogP contribution in [-0.2, 0) is 27.1 Å². The number of aliphatic hydroxyl groups is 1. The highest BCUT2D eigenvalue weighted by Gasteiger charge is 2.24. The number of halogens is 1. The quantitative estimate of drug-likeness (QED) is 0.462. The fraction of sp³-hybridized carbons (Fsp3) is 0.263. The van der Waals surface area contributed by atoms with Gasteiger partial charge in [0.15, 0.2) is 11.2 Å². The third kappa shape index (κ3) is 2.74. The molecular formula is C19H18FN5O5. The van der Waals surface area contributed by atoms with Gasteiger partial charge in [0.2, 0.25) is 11.7 Å². The van der Waals surface area contributed by atoms with Crippen LogP contribution in [0.4, 0.5) is 4.39 Å². The smallest absolute Gasteiger partial charge is 0.332 e. The summed E-state index contributed by atoms with van der Waals surface area (Å²) in [5, 5.41) is 20.1. The van der Waals surface area contributed by atoms with Crippen molar-refractivity contribution in [1.82, 2.24) is 23.1 Å². The monoisotopic (exact) mass is 415 g/mol. The highest BCUT2D eigenvalue weighted by atomic mass is 19.1. The zero-order chi connectivity index (χ0) is 21.7. The lowest BCUT2D eigenvalue weighted by atomic mass is 10.2. The van der Waals surface area contributed by atoms with Gasteiger partial charge in [-0.2, -0.15) is 4.98 Å². The molecule has 11 heteroatoms. The number of hydrogen-bond donors (Lipinski definition) is 2. The average molecular weight is 415 g/mol. The Kier molecular flexibility index (Phi) is 4.54. The molecule has 0 aliphatic carbocycles. The molecule has 0 bridgehead atoms. The second kappa shape index (κ2) is 6.95. The van der Waals surface area contributed by atoms with Gasteiger partial charge in [-0.25, -0.2) is 13.6 Å². The Hall–Kier alpha value is -3.73. The number of hydrogen-bond acceptors (Lipinski definition) is 6. The molecule has 2 N–H and O–H groups in total. The third-order valence-electron chi connectivity index (χ3n) is 5.08. The van der Waals surface area contributed by atoms with E-state index >= 15 is 0 Å². The molecule has 0 saturated heterocycles. The van der Waals surface area contributed by atoms with E-state index in [9.17, 15) is 29.0 Å². The Morgan fingerprint density at radius 2 is 1.70 bits per heavy atom. The number of aromatic hydroxyl groups is 1. The van der Waals surface area contributed by atoms with Crippen LogP contribution in [0.3, 0.4) is 0 Å². The van der Waals surface area contributed by atoms with Crippen molar-refractivity contribution in [2.45, 2.75) is 13.0 Å². The van der Waals surface area contributed by atoms with E-state index in [1.165, 1.54) is 42.9 Å². The Bertz CT molecular complexity index is 1480. The molecule has 0 aliphatic rings. The highest BCUT2D eigenvalue weighted by Crippen LogP contribution is 2.22. The molecule has 0 aliphatic heterocycles. The van der Waals surface area contributed by atoms with Crippen LogP contribution < -0.4 is 16.8 Å². The van der Waals surface area contributed by atoms with Gasteiger partial charge in [-0.15, -0.1) is 0 Å². The summed E-state index contributed by atoms with van der Waals surface area (Å²) in [5.74, 6) is -1.03. The normalized spacial score (nSPS) is 11.6. The molecule has 4 aromatic rings. The lowest BCUT2D eigenvalue weighted by Gasteiger charge is -2.13. The molecule has 0 amide bonds. The Morgan fingerprint density at radius 1 is 1.03 bits per heavy atom. The molecule has 3 heterocycles. The van der Waals surface area contributed by atoms with Gasteiger partial charge in [-0.1, -0.05) is 12.1 Å². The second-order valence-corrected chi connectivity index (χ2v) is 6.92. The molecular weight excluding hydrogens is 397 g/mol. The van der Waals surface area contributed by atoms with Crippen LogP contribution in [0.1, 0.15) is 11.1 Å². The summed E-state index contributed by atoms with van der Waals surface area (Å²) in [5.41, 5.74) is -1.55. The van der Waals surface area contributed by atoms with Crippen molar-refractivity contribution in [2.24, 2.45) is 14.1 Å². The van der Waals surface area contributed by atoms with Crippen LogP contribution >= 0.6 is 0 Å². The molecule has 0 fully saturated rings. The van der Waals surface area contributed by atoms with E-state index in [2.05, 4.69) is 4.98 Å². The van der Waals surface area contributed by atoms with Crippen LogP contribution in [0.15, 0.2) is 38.6 Å². The zero-order valence-corrected chi connectivity index (χ0v) is 16.2. The van der Waals surface area contributed by atoms with E-state index in [0.29, 0.717) is 5.56 Å². The molecule has 1 aromatic carbocycles. The van der Waals surface area contributed by atoms with Gasteiger partial charge < -0.3 is 10.2 Å². The van der Waals surface area contributed by atoms with Crippen LogP contribution in [-0.4, -0.2) is 39.9 Å². The standard InChI is InChI=1S/C19H18FN5O5/c1-22-14-13(17(29)23(2)19(22)30)25-16(28)12(7-8-26)15(27)24(18(25)21-14)9-10-3-5-11(20)6-4-10/h3-6,26,28H,7-9H2,1-2H3. The number of nitrogens with zero attached hydrogens (tertiary/aromatic N) is 5. The van der Waals surface area contributed by atoms with Crippen molar-refractivity contribution < 1.29 is 14.6 Å². The van der Waals surface area contributed by atoms with Gasteiger partial charge in [0, 0.05) is 27.1 Å². The Morgan fingerprint density at radius 3 is 2.33 bits per heavy atom. The van der Waals surface area contributed by atoms with Crippen LogP contribution in [0.5, 0.6) is 5.88 Å². The predicted octanol–water partition coefficient (Wildman–Crippen LogP) is -0.526. The largest absolute Gasteiger partial charge is 0.494 e. The first-order chi connectivity index (χ1) is 14.3. The van der Waals surface area contributed by atoms with Gasteiger partial charge in [0.25, 0.3) is 11.1 Å². The van der Waals surface area contributed by atoms with Crippen molar-refractivity contribution in [3.05, 3.63) is 72.4 Å². The number of aryl methyl sites for hydroxylation is 1. The van der Waals surface area contributed by atoms with Crippen molar-refractivity contribution >= 4 is 16.9 Å². The van der Waals surface area contributed by atoms with Crippen LogP contribution in [0.25, 0.3) is 16.9 Å². The fourth-order valence-electron chi connectivity index (χ4n) is 3.50. The SMILES string of the molecule is Cn1c(=O)c2c(nc3n(Cc4ccc(F)cc4)c(=O)c(CCO)c(O)n23)n(C)c1=O. The van der Waals surface area contributed by atoms with E-state index in [1.807, 2.05) is 0 Å². The van der Waals surface area contributed by atoms with E-state index in [1.54, 1.807) is 0 Å². The number of fused-ring (bicyclic) bond motifs is 3. The van der Waals surface area contributed by atoms with Crippen molar-refractivity contribution in [2.75, 3.05) is 6.61 Å². The van der Waals surface area contributed by atoms with E-state index < -0.39 is 35.1 Å². The summed E-state index contributed by atoms with van der Waals surface area (Å²) in [6.07, 6.45) is -0.157. The summed E-state index contributed by atoms with van der Waals surface area (Å²) in [6, 6.07) is 5.48. The molecule has 0 spiro atoms. The average Bonchev–Trinajstić information content (AvgIpc) is 3.13. The minimum Gasteiger partial charge on any atom is -0.494 e. The summed E-state index contributed by atoms with van der Waals surface area (Å²) in [4.78, 5) is 42.4. The van der Waals surface area contributed by atoms with Gasteiger partial charge in [0.05, 0.1) is 12.1 Å². The number of imidazole rings is 1. The molecule has 156 valence electrons. The molecule has 0 unspecified atom stereocenters. The molecule has 30 heavy (non-hydrogen) atoms. The van der Waals surface area contributed by atoms with Gasteiger partial charge in [-0.3, -0.25) is 23.3 Å². The predicted molar refractivity (Wildman–Crippen MR) is 105 cm³/mol. The molecule has 3 aromatic heterocycles. The maximum absolute atomic E-state index is 13.3. The summed E-state index contributed by atoms with van der Waals surface area (Å²) in [6.45, 7) is -0.438. The fourth-order valence-corrected chi connectivity index (χ4v) is 3.50. The molecule has 0 saturated carbocycles. The zero-order valence-electron chi connectivity index (χ0n) is 16.2. The minimum atomic E-state index is -0.696. The number of aromatic nitrogens is 5. The van der Waals surface area contributed by atoms with Gasteiger partial charge in [-0.05, 0) is 17.7 Å². The molecule has 0 atom stereocenters. The molecule has 0 radical (unpaired) electrons. The maximum Gasteiger partial charge on any atom is 0.332 e. The lowest BCUT2D eigenvalue weighted by molar-refractivity contribution is 0.295.